The number of nitrogens with zero attached hydrogens (tertiary/aromatic N) is 1. The molecule has 4 heterocycles. The minimum Gasteiger partial charge on any atom is -0.459 e. The van der Waals surface area contributed by atoms with Crippen LogP contribution in [0.15, 0.2) is 11.6 Å². The Morgan fingerprint density at radius 2 is 1.81 bits per heavy atom. The molecule has 0 aromatic carbocycles. The average molecular weight is 597 g/mol. The van der Waals surface area contributed by atoms with Gasteiger partial charge in [0.05, 0.1) is 36.3 Å². The third kappa shape index (κ3) is 6.03. The van der Waals surface area contributed by atoms with Crippen LogP contribution in [0, 0.1) is 17.8 Å². The Morgan fingerprint density at radius 1 is 1.14 bits per heavy atom. The molecule has 2 fully saturated rings. The number of amidine groups is 1. The lowest BCUT2D eigenvalue weighted by Crippen LogP contribution is -2.93. The van der Waals surface area contributed by atoms with Gasteiger partial charge in [-0.2, -0.15) is 0 Å². The molecular weight excluding hydrogens is 542 g/mol. The molecule has 6 N–H and O–H groups in total. The summed E-state index contributed by atoms with van der Waals surface area (Å²) in [5.41, 5.74) is 3.63. The molecule has 0 aromatic rings. The monoisotopic (exact) mass is 596 g/mol. The van der Waals surface area contributed by atoms with Crippen LogP contribution in [0.25, 0.3) is 0 Å². The highest BCUT2D eigenvalue weighted by atomic mass is 16.7. The molecule has 4 aliphatic rings. The molecule has 0 radical (unpaired) electrons. The highest BCUT2D eigenvalue weighted by Gasteiger charge is 2.62. The minimum absolute atomic E-state index is 0.118. The molecule has 0 aromatic heterocycles. The van der Waals surface area contributed by atoms with Gasteiger partial charge in [0.1, 0.15) is 17.8 Å². The molecule has 1 spiro atoms. The smallest absolute Gasteiger partial charge is 0.311 e. The van der Waals surface area contributed by atoms with Gasteiger partial charge in [-0.15, -0.1) is 0 Å². The zero-order valence-corrected chi connectivity index (χ0v) is 26.8. The van der Waals surface area contributed by atoms with Gasteiger partial charge >= 0.3 is 5.97 Å². The Labute approximate surface area is 250 Å². The molecule has 2 saturated heterocycles. The van der Waals surface area contributed by atoms with Gasteiger partial charge in [0.25, 0.3) is 0 Å². The van der Waals surface area contributed by atoms with E-state index in [1.165, 1.54) is 0 Å². The number of carbonyl (C=O) groups is 1. The van der Waals surface area contributed by atoms with Crippen LogP contribution in [-0.4, -0.2) is 106 Å². The first-order valence-electron chi connectivity index (χ1n) is 15.5. The van der Waals surface area contributed by atoms with Crippen LogP contribution < -0.4 is 10.7 Å². The number of carbonyl (C=O) groups excluding carboxylic acids is 1. The van der Waals surface area contributed by atoms with E-state index in [2.05, 4.69) is 11.9 Å². The summed E-state index contributed by atoms with van der Waals surface area (Å²) < 4.78 is 25.8. The van der Waals surface area contributed by atoms with Gasteiger partial charge in [0, 0.05) is 23.5 Å². The largest absolute Gasteiger partial charge is 0.459 e. The molecule has 0 amide bonds. The highest BCUT2D eigenvalue weighted by molar-refractivity contribution is 5.75. The summed E-state index contributed by atoms with van der Waals surface area (Å²) in [6, 6.07) is -0.192. The summed E-state index contributed by atoms with van der Waals surface area (Å²) in [5, 5.41) is 34.6. The Kier molecular flexibility index (Phi) is 9.56. The average Bonchev–Trinajstić information content (AvgIpc) is 3.16. The fourth-order valence-electron chi connectivity index (χ4n) is 7.69. The number of esters is 1. The third-order valence-corrected chi connectivity index (χ3v) is 10.1. The number of cyclic esters (lactones) is 1. The zero-order valence-electron chi connectivity index (χ0n) is 26.8. The van der Waals surface area contributed by atoms with E-state index in [1.54, 1.807) is 19.9 Å². The van der Waals surface area contributed by atoms with Crippen molar-refractivity contribution in [1.29, 1.82) is 0 Å². The SMILES string of the molecule is CC[C@H]1OC(=O)[C@H](C)[C@@H](O)[C@H](C)[C@@H](O[C@@H]2O[C@H](C)C[C@H](N(C)C)[C@H]2O)[C@@]2(C)C[C@@H](C)C3([NH+]=C(N)CCC3=C[C@]1(C)O)O2. The molecule has 11 heteroatoms. The molecule has 240 valence electrons. The van der Waals surface area contributed by atoms with E-state index in [0.29, 0.717) is 37.9 Å². The molecule has 42 heavy (non-hydrogen) atoms. The summed E-state index contributed by atoms with van der Waals surface area (Å²) in [5.74, 6) is -1.70. The van der Waals surface area contributed by atoms with Gasteiger partial charge in [0.2, 0.25) is 11.6 Å². The van der Waals surface area contributed by atoms with Gasteiger partial charge in [-0.25, -0.2) is 4.99 Å². The Bertz CT molecular complexity index is 1060. The zero-order chi connectivity index (χ0) is 31.4. The Morgan fingerprint density at radius 3 is 2.43 bits per heavy atom. The van der Waals surface area contributed by atoms with Crippen LogP contribution in [0.3, 0.4) is 0 Å². The first-order chi connectivity index (χ1) is 19.5. The van der Waals surface area contributed by atoms with Crippen molar-refractivity contribution in [2.75, 3.05) is 14.1 Å². The van der Waals surface area contributed by atoms with Crippen molar-refractivity contribution < 1.29 is 44.1 Å². The van der Waals surface area contributed by atoms with E-state index in [-0.39, 0.29) is 18.1 Å². The molecule has 11 nitrogen and oxygen atoms in total. The second kappa shape index (κ2) is 12.1. The molecule has 1 unspecified atom stereocenters. The number of nitrogens with one attached hydrogen (secondary N) is 1. The Balaban J connectivity index is 1.85. The Hall–Kier alpha value is -1.60. The summed E-state index contributed by atoms with van der Waals surface area (Å²) in [7, 11) is 3.83. The fourth-order valence-corrected chi connectivity index (χ4v) is 7.69. The fraction of sp³-hybridized carbons (Fsp3) is 0.871. The maximum Gasteiger partial charge on any atom is 0.311 e. The lowest BCUT2D eigenvalue weighted by Gasteiger charge is -2.46. The van der Waals surface area contributed by atoms with Crippen molar-refractivity contribution in [1.82, 2.24) is 4.90 Å². The van der Waals surface area contributed by atoms with Crippen molar-refractivity contribution in [2.45, 2.75) is 140 Å². The molecular formula is C31H54N3O8+. The third-order valence-electron chi connectivity index (χ3n) is 10.1. The van der Waals surface area contributed by atoms with Crippen molar-refractivity contribution in [3.63, 3.8) is 0 Å². The second-order valence-electron chi connectivity index (χ2n) is 13.9. The van der Waals surface area contributed by atoms with Gasteiger partial charge in [-0.1, -0.05) is 20.8 Å². The molecule has 13 atom stereocenters. The first kappa shape index (κ1) is 33.3. The van der Waals surface area contributed by atoms with E-state index in [4.69, 9.17) is 24.7 Å². The van der Waals surface area contributed by atoms with Crippen LogP contribution in [0.4, 0.5) is 0 Å². The second-order valence-corrected chi connectivity index (χ2v) is 13.9. The number of likely N-dealkylation sites (N-methyl/N-ethyl adjacent to an activating group) is 1. The van der Waals surface area contributed by atoms with E-state index in [1.807, 2.05) is 46.7 Å². The number of fused-ring (bicyclic) bond motifs is 1. The van der Waals surface area contributed by atoms with Gasteiger partial charge in [-0.3, -0.25) is 10.5 Å². The van der Waals surface area contributed by atoms with Crippen LogP contribution in [0.1, 0.15) is 80.6 Å². The maximum absolute atomic E-state index is 13.4. The summed E-state index contributed by atoms with van der Waals surface area (Å²) >= 11 is 0. The lowest BCUT2D eigenvalue weighted by molar-refractivity contribution is -0.619. The van der Waals surface area contributed by atoms with Crippen LogP contribution in [0.2, 0.25) is 0 Å². The van der Waals surface area contributed by atoms with E-state index < -0.39 is 65.4 Å². The summed E-state index contributed by atoms with van der Waals surface area (Å²) in [4.78, 5) is 18.7. The predicted octanol–water partition coefficient (Wildman–Crippen LogP) is 0.187. The van der Waals surface area contributed by atoms with Crippen LogP contribution in [-0.2, 0) is 23.7 Å². The lowest BCUT2D eigenvalue weighted by atomic mass is 9.77. The molecule has 0 aliphatic carbocycles. The van der Waals surface area contributed by atoms with Crippen molar-refractivity contribution in [3.05, 3.63) is 11.6 Å². The first-order valence-corrected chi connectivity index (χ1v) is 15.5. The van der Waals surface area contributed by atoms with Gasteiger partial charge in [-0.05, 0) is 73.5 Å². The number of nitrogens with two attached hydrogens (primary N) is 1. The molecule has 2 bridgehead atoms. The number of aliphatic hydroxyl groups excluding tert-OH is 2. The molecule has 0 saturated carbocycles. The topological polar surface area (TPSA) is 158 Å². The van der Waals surface area contributed by atoms with E-state index in [0.717, 1.165) is 5.57 Å². The summed E-state index contributed by atoms with van der Waals surface area (Å²) in [6.45, 7) is 12.9. The molecule has 4 rings (SSSR count). The number of ether oxygens (including phenoxy) is 4. The van der Waals surface area contributed by atoms with Crippen LogP contribution >= 0.6 is 0 Å². The van der Waals surface area contributed by atoms with Crippen molar-refractivity contribution >= 4 is 11.8 Å². The number of hydrogen-bond donors (Lipinski definition) is 5. The molecule has 4 aliphatic heterocycles. The highest BCUT2D eigenvalue weighted by Crippen LogP contribution is 2.49. The normalized spacial score (nSPS) is 48.7. The predicted molar refractivity (Wildman–Crippen MR) is 156 cm³/mol. The van der Waals surface area contributed by atoms with Crippen molar-refractivity contribution in [2.24, 2.45) is 23.5 Å². The van der Waals surface area contributed by atoms with Gasteiger partial charge < -0.3 is 39.2 Å². The van der Waals surface area contributed by atoms with Crippen LogP contribution in [0.5, 0.6) is 0 Å². The number of aliphatic hydroxyl groups is 3. The summed E-state index contributed by atoms with van der Waals surface area (Å²) in [6.07, 6.45) is -0.530. The maximum atomic E-state index is 13.4. The van der Waals surface area contributed by atoms with Crippen molar-refractivity contribution in [3.8, 4) is 0 Å². The minimum atomic E-state index is -1.50. The van der Waals surface area contributed by atoms with E-state index >= 15 is 0 Å². The number of hydrogen-bond acceptors (Lipinski definition) is 10. The quantitative estimate of drug-likeness (QED) is 0.224. The van der Waals surface area contributed by atoms with Gasteiger partial charge in [0.15, 0.2) is 6.29 Å². The number of rotatable bonds is 4. The standard InChI is InChI=1S/C31H53N3O8/c1-10-22-29(6,38)15-20-11-12-23(32)33-31(20)16(2)14-30(7,42-31)26(18(4)24(35)19(5)27(37)40-22)41-28-25(36)21(34(8)9)13-17(3)39-28/h15-19,21-22,24-26,28,35-36,38H,10-14H2,1-9H3,(H2,32,33)/p+1/t16-,17-,18+,19-,21+,22-,24+,25-,26-,28+,29+,30-,31?/m1/s1. The van der Waals surface area contributed by atoms with E-state index in [9.17, 15) is 20.1 Å².